The molecule has 1 unspecified atom stereocenters. The van der Waals surface area contributed by atoms with Gasteiger partial charge in [-0.05, 0) is 59.7 Å². The second kappa shape index (κ2) is 19.2. The van der Waals surface area contributed by atoms with Crippen LogP contribution in [0.5, 0.6) is 0 Å². The summed E-state index contributed by atoms with van der Waals surface area (Å²) in [6, 6.07) is 20.8. The van der Waals surface area contributed by atoms with Crippen LogP contribution in [-0.2, 0) is 6.42 Å². The van der Waals surface area contributed by atoms with Crippen molar-refractivity contribution in [1.29, 1.82) is 0 Å². The molecule has 14 heteroatoms. The van der Waals surface area contributed by atoms with Crippen molar-refractivity contribution >= 4 is 57.8 Å². The smallest absolute Gasteiger partial charge is 0.254 e. The van der Waals surface area contributed by atoms with E-state index in [1.165, 1.54) is 0 Å². The van der Waals surface area contributed by atoms with Gasteiger partial charge in [0.15, 0.2) is 0 Å². The Balaban J connectivity index is 0.000000431. The van der Waals surface area contributed by atoms with Crippen molar-refractivity contribution in [3.63, 3.8) is 0 Å². The van der Waals surface area contributed by atoms with Crippen molar-refractivity contribution in [3.8, 4) is 0 Å². The highest BCUT2D eigenvalue weighted by Crippen LogP contribution is 2.27. The molecular weight excluding hydrogens is 662 g/mol. The topological polar surface area (TPSA) is 136 Å². The maximum atomic E-state index is 10.9. The van der Waals surface area contributed by atoms with E-state index < -0.39 is 9.85 Å². The molecule has 0 aliphatic carbocycles. The van der Waals surface area contributed by atoms with Crippen LogP contribution in [-0.4, -0.2) is 19.8 Å². The Labute approximate surface area is 282 Å². The first-order valence-corrected chi connectivity index (χ1v) is 14.0. The van der Waals surface area contributed by atoms with Crippen LogP contribution in [0.1, 0.15) is 38.8 Å². The van der Waals surface area contributed by atoms with Crippen LogP contribution in [0.3, 0.4) is 0 Å². The van der Waals surface area contributed by atoms with E-state index in [1.54, 1.807) is 85.2 Å². The molecule has 0 aliphatic rings. The largest absolute Gasteiger partial charge is 0.354 e. The first kappa shape index (κ1) is 38.8. The lowest BCUT2D eigenvalue weighted by molar-refractivity contribution is -0.403. The van der Waals surface area contributed by atoms with Crippen molar-refractivity contribution in [2.24, 2.45) is 0 Å². The van der Waals surface area contributed by atoms with E-state index in [0.717, 1.165) is 23.5 Å². The molecule has 0 fully saturated rings. The fourth-order valence-corrected chi connectivity index (χ4v) is 4.26. The van der Waals surface area contributed by atoms with Gasteiger partial charge in [-0.15, -0.1) is 0 Å². The SMILES string of the molecule is C.C.CC(/C(=C\[N+](=O)[O-])Nc1cccc(Cl)c1)c1ccc(Cl)nc1.O=[N+]([O-])/C=C(\Cc1ccc(Cl)nc1)Nc1cccc(Cl)c1. The molecule has 2 aromatic carbocycles. The first-order valence-electron chi connectivity index (χ1n) is 12.4. The maximum absolute atomic E-state index is 10.9. The number of nitrogens with one attached hydrogen (secondary N) is 2. The molecule has 0 saturated heterocycles. The number of nitro groups is 2. The highest BCUT2D eigenvalue weighted by molar-refractivity contribution is 6.31. The second-order valence-corrected chi connectivity index (χ2v) is 10.5. The number of allylic oxidation sites excluding steroid dienone is 2. The van der Waals surface area contributed by atoms with Crippen LogP contribution in [0.2, 0.25) is 20.4 Å². The summed E-state index contributed by atoms with van der Waals surface area (Å²) >= 11 is 23.3. The molecule has 0 amide bonds. The third kappa shape index (κ3) is 14.0. The number of hydrogen-bond donors (Lipinski definition) is 2. The third-order valence-electron chi connectivity index (χ3n) is 5.65. The van der Waals surface area contributed by atoms with Gasteiger partial charge >= 0.3 is 0 Å². The minimum atomic E-state index is -0.504. The molecular formula is C31H32Cl4N6O4. The van der Waals surface area contributed by atoms with E-state index in [-0.39, 0.29) is 20.8 Å². The van der Waals surface area contributed by atoms with Crippen LogP contribution in [0.4, 0.5) is 11.4 Å². The molecule has 0 saturated carbocycles. The molecule has 0 radical (unpaired) electrons. The number of nitrogens with zero attached hydrogens (tertiary/aromatic N) is 4. The molecule has 45 heavy (non-hydrogen) atoms. The van der Waals surface area contributed by atoms with Gasteiger partial charge in [-0.3, -0.25) is 20.2 Å². The van der Waals surface area contributed by atoms with Crippen molar-refractivity contribution < 1.29 is 9.85 Å². The Morgan fingerprint density at radius 1 is 0.778 bits per heavy atom. The highest BCUT2D eigenvalue weighted by Gasteiger charge is 2.16. The summed E-state index contributed by atoms with van der Waals surface area (Å²) in [5, 5.41) is 29.5. The zero-order valence-corrected chi connectivity index (χ0v) is 25.5. The third-order valence-corrected chi connectivity index (χ3v) is 6.57. The number of aromatic nitrogens is 2. The summed E-state index contributed by atoms with van der Waals surface area (Å²) in [5.41, 5.74) is 3.82. The minimum Gasteiger partial charge on any atom is -0.354 e. The van der Waals surface area contributed by atoms with Gasteiger partial charge in [0, 0.05) is 46.2 Å². The Morgan fingerprint density at radius 3 is 1.78 bits per heavy atom. The molecule has 2 aromatic heterocycles. The van der Waals surface area contributed by atoms with E-state index in [4.69, 9.17) is 46.4 Å². The molecule has 4 aromatic rings. The lowest BCUT2D eigenvalue weighted by Gasteiger charge is -2.16. The van der Waals surface area contributed by atoms with Crippen molar-refractivity contribution in [2.75, 3.05) is 10.6 Å². The number of benzene rings is 2. The lowest BCUT2D eigenvalue weighted by atomic mass is 9.99. The molecule has 2 heterocycles. The maximum Gasteiger partial charge on any atom is 0.254 e. The Bertz CT molecular complexity index is 1620. The van der Waals surface area contributed by atoms with Gasteiger partial charge in [0.05, 0.1) is 21.2 Å². The lowest BCUT2D eigenvalue weighted by Crippen LogP contribution is -2.10. The van der Waals surface area contributed by atoms with Gasteiger partial charge in [-0.2, -0.15) is 0 Å². The number of hydrogen-bond acceptors (Lipinski definition) is 8. The summed E-state index contributed by atoms with van der Waals surface area (Å²) in [4.78, 5) is 28.6. The highest BCUT2D eigenvalue weighted by atomic mass is 35.5. The first-order chi connectivity index (χ1) is 20.5. The van der Waals surface area contributed by atoms with Crippen LogP contribution in [0, 0.1) is 20.2 Å². The molecule has 1 atom stereocenters. The predicted molar refractivity (Wildman–Crippen MR) is 184 cm³/mol. The van der Waals surface area contributed by atoms with Crippen LogP contribution < -0.4 is 10.6 Å². The molecule has 4 rings (SSSR count). The zero-order valence-electron chi connectivity index (χ0n) is 22.5. The summed E-state index contributed by atoms with van der Waals surface area (Å²) in [6.07, 6.45) is 5.38. The fourth-order valence-electron chi connectivity index (χ4n) is 3.65. The van der Waals surface area contributed by atoms with Crippen LogP contribution >= 0.6 is 46.4 Å². The van der Waals surface area contributed by atoms with Crippen LogP contribution in [0.15, 0.2) is 109 Å². The Hall–Kier alpha value is -4.22. The molecule has 10 nitrogen and oxygen atoms in total. The molecule has 0 spiro atoms. The van der Waals surface area contributed by atoms with E-state index >= 15 is 0 Å². The average Bonchev–Trinajstić information content (AvgIpc) is 2.94. The van der Waals surface area contributed by atoms with Crippen molar-refractivity contribution in [2.45, 2.75) is 34.1 Å². The number of anilines is 2. The number of rotatable bonds is 10. The monoisotopic (exact) mass is 692 g/mol. The molecule has 2 N–H and O–H groups in total. The summed E-state index contributed by atoms with van der Waals surface area (Å²) in [7, 11) is 0. The van der Waals surface area contributed by atoms with Gasteiger partial charge in [0.25, 0.3) is 12.4 Å². The fraction of sp³-hybridized carbons (Fsp3) is 0.161. The van der Waals surface area contributed by atoms with Gasteiger partial charge in [-0.25, -0.2) is 9.97 Å². The normalized spacial score (nSPS) is 11.5. The van der Waals surface area contributed by atoms with E-state index in [9.17, 15) is 20.2 Å². The molecule has 0 aliphatic heterocycles. The summed E-state index contributed by atoms with van der Waals surface area (Å²) in [5.74, 6) is -0.255. The number of halogens is 4. The second-order valence-electron chi connectivity index (χ2n) is 8.88. The Kier molecular flexibility index (Phi) is 16.6. The predicted octanol–water partition coefficient (Wildman–Crippen LogP) is 10.2. The molecule has 238 valence electrons. The summed E-state index contributed by atoms with van der Waals surface area (Å²) in [6.45, 7) is 1.85. The van der Waals surface area contributed by atoms with Gasteiger partial charge in [0.1, 0.15) is 10.3 Å². The van der Waals surface area contributed by atoms with Gasteiger partial charge in [0.2, 0.25) is 0 Å². The summed E-state index contributed by atoms with van der Waals surface area (Å²) < 4.78 is 0. The standard InChI is InChI=1S/C15H13Cl2N3O2.C14H11Cl2N3O2.2CH4/c1-10(11-5-6-15(17)18-8-11)14(9-20(21)22)19-13-4-2-3-12(16)7-13;15-11-2-1-3-12(7-11)18-13(9-19(20)21)6-10-4-5-14(16)17-8-10;;/h2-10,19H,1H3;1-5,7-9,18H,6H2;2*1H4/b14-9+;13-9+;;. The molecule has 0 bridgehead atoms. The van der Waals surface area contributed by atoms with Gasteiger partial charge < -0.3 is 10.6 Å². The van der Waals surface area contributed by atoms with Crippen molar-refractivity contribution in [3.05, 3.63) is 161 Å². The van der Waals surface area contributed by atoms with Crippen LogP contribution in [0.25, 0.3) is 0 Å². The average molecular weight is 694 g/mol. The quantitative estimate of drug-likeness (QED) is 0.0951. The van der Waals surface area contributed by atoms with Gasteiger partial charge in [-0.1, -0.05) is 92.4 Å². The van der Waals surface area contributed by atoms with Crippen molar-refractivity contribution in [1.82, 2.24) is 9.97 Å². The minimum absolute atomic E-state index is 0. The van der Waals surface area contributed by atoms with E-state index in [0.29, 0.717) is 49.5 Å². The zero-order chi connectivity index (χ0) is 31.4. The van der Waals surface area contributed by atoms with E-state index in [1.807, 2.05) is 6.92 Å². The van der Waals surface area contributed by atoms with E-state index in [2.05, 4.69) is 20.6 Å². The number of pyridine rings is 2. The Morgan fingerprint density at radius 2 is 1.31 bits per heavy atom.